The van der Waals surface area contributed by atoms with E-state index in [2.05, 4.69) is 10.3 Å². The highest BCUT2D eigenvalue weighted by atomic mass is 16.5. The predicted octanol–water partition coefficient (Wildman–Crippen LogP) is 0.957. The molecule has 0 saturated carbocycles. The first kappa shape index (κ1) is 13.7. The molecular weight excluding hydrogens is 218 g/mol. The fourth-order valence-corrected chi connectivity index (χ4v) is 1.60. The van der Waals surface area contributed by atoms with Gasteiger partial charge in [-0.2, -0.15) is 0 Å². The minimum atomic E-state index is -0.493. The molecule has 1 atom stereocenters. The first-order chi connectivity index (χ1) is 8.17. The van der Waals surface area contributed by atoms with Gasteiger partial charge in [-0.05, 0) is 13.0 Å². The van der Waals surface area contributed by atoms with Crippen molar-refractivity contribution < 1.29 is 9.84 Å². The molecule has 2 N–H and O–H groups in total. The zero-order chi connectivity index (χ0) is 12.7. The quantitative estimate of drug-likeness (QED) is 0.742. The second kappa shape index (κ2) is 7.09. The average molecular weight is 239 g/mol. The van der Waals surface area contributed by atoms with E-state index < -0.39 is 6.10 Å². The summed E-state index contributed by atoms with van der Waals surface area (Å²) in [5, 5.41) is 12.9. The number of hydrogen-bond donors (Lipinski definition) is 2. The number of aromatic nitrogens is 1. The summed E-state index contributed by atoms with van der Waals surface area (Å²) in [6.07, 6.45) is 3.07. The van der Waals surface area contributed by atoms with E-state index in [0.29, 0.717) is 13.2 Å². The third-order valence-electron chi connectivity index (χ3n) is 2.39. The first-order valence-electron chi connectivity index (χ1n) is 5.74. The zero-order valence-corrected chi connectivity index (χ0v) is 10.7. The van der Waals surface area contributed by atoms with Gasteiger partial charge in [-0.15, -0.1) is 0 Å². The molecule has 96 valence electrons. The van der Waals surface area contributed by atoms with Gasteiger partial charge in [0, 0.05) is 27.2 Å². The summed E-state index contributed by atoms with van der Waals surface area (Å²) in [4.78, 5) is 6.12. The third-order valence-corrected chi connectivity index (χ3v) is 2.39. The van der Waals surface area contributed by atoms with Crippen LogP contribution in [0.15, 0.2) is 18.5 Å². The molecule has 17 heavy (non-hydrogen) atoms. The predicted molar refractivity (Wildman–Crippen MR) is 69.6 cm³/mol. The molecule has 0 saturated heterocycles. The molecule has 0 amide bonds. The normalized spacial score (nSPS) is 12.2. The lowest BCUT2D eigenvalue weighted by Gasteiger charge is -2.22. The summed E-state index contributed by atoms with van der Waals surface area (Å²) in [6.45, 7) is 3.76. The standard InChI is InChI=1S/C12H21N3O2/c1-4-14-10-5-11(7-13-6-10)15(2)8-12(16)9-17-3/h5-7,12,14,16H,4,8-9H2,1-3H3. The Morgan fingerprint density at radius 1 is 1.53 bits per heavy atom. The van der Waals surface area contributed by atoms with Crippen LogP contribution in [0.1, 0.15) is 6.92 Å². The molecule has 1 unspecified atom stereocenters. The number of pyridine rings is 1. The zero-order valence-electron chi connectivity index (χ0n) is 10.7. The highest BCUT2D eigenvalue weighted by molar-refractivity contribution is 5.55. The van der Waals surface area contributed by atoms with Gasteiger partial charge in [0.1, 0.15) is 0 Å². The molecule has 5 nitrogen and oxygen atoms in total. The lowest BCUT2D eigenvalue weighted by atomic mass is 10.3. The summed E-state index contributed by atoms with van der Waals surface area (Å²) in [7, 11) is 3.50. The minimum Gasteiger partial charge on any atom is -0.389 e. The van der Waals surface area contributed by atoms with Gasteiger partial charge in [0.2, 0.25) is 0 Å². The van der Waals surface area contributed by atoms with Crippen LogP contribution in [0, 0.1) is 0 Å². The number of nitrogens with zero attached hydrogens (tertiary/aromatic N) is 2. The Labute approximate surface area is 102 Å². The fraction of sp³-hybridized carbons (Fsp3) is 0.583. The fourth-order valence-electron chi connectivity index (χ4n) is 1.60. The van der Waals surface area contributed by atoms with E-state index in [1.165, 1.54) is 0 Å². The van der Waals surface area contributed by atoms with E-state index in [-0.39, 0.29) is 0 Å². The Morgan fingerprint density at radius 2 is 2.29 bits per heavy atom. The van der Waals surface area contributed by atoms with Gasteiger partial charge in [-0.3, -0.25) is 4.98 Å². The Morgan fingerprint density at radius 3 is 2.94 bits per heavy atom. The number of nitrogens with one attached hydrogen (secondary N) is 1. The van der Waals surface area contributed by atoms with Crippen LogP contribution >= 0.6 is 0 Å². The number of anilines is 2. The molecule has 1 aromatic rings. The summed E-state index contributed by atoms with van der Waals surface area (Å²) < 4.78 is 4.90. The Balaban J connectivity index is 2.61. The number of likely N-dealkylation sites (N-methyl/N-ethyl adjacent to an activating group) is 1. The lowest BCUT2D eigenvalue weighted by molar-refractivity contribution is 0.0695. The monoisotopic (exact) mass is 239 g/mol. The van der Waals surface area contributed by atoms with Crippen LogP contribution in [0.3, 0.4) is 0 Å². The molecule has 0 spiro atoms. The molecule has 0 bridgehead atoms. The van der Waals surface area contributed by atoms with Crippen molar-refractivity contribution in [1.82, 2.24) is 4.98 Å². The van der Waals surface area contributed by atoms with Crippen LogP contribution in [0.5, 0.6) is 0 Å². The third kappa shape index (κ3) is 4.58. The molecule has 0 aliphatic rings. The van der Waals surface area contributed by atoms with Gasteiger partial charge in [-0.1, -0.05) is 0 Å². The topological polar surface area (TPSA) is 57.6 Å². The number of ether oxygens (including phenoxy) is 1. The van der Waals surface area contributed by atoms with Gasteiger partial charge >= 0.3 is 0 Å². The van der Waals surface area contributed by atoms with Crippen LogP contribution in [-0.4, -0.2) is 50.0 Å². The maximum Gasteiger partial charge on any atom is 0.0947 e. The van der Waals surface area contributed by atoms with Gasteiger partial charge in [0.15, 0.2) is 0 Å². The van der Waals surface area contributed by atoms with E-state index in [1.54, 1.807) is 19.5 Å². The molecule has 0 aliphatic heterocycles. The van der Waals surface area contributed by atoms with Crippen molar-refractivity contribution >= 4 is 11.4 Å². The molecule has 0 aromatic carbocycles. The van der Waals surface area contributed by atoms with Crippen molar-refractivity contribution in [2.45, 2.75) is 13.0 Å². The van der Waals surface area contributed by atoms with Crippen LogP contribution in [0.25, 0.3) is 0 Å². The maximum absolute atomic E-state index is 9.65. The van der Waals surface area contributed by atoms with Gasteiger partial charge in [0.25, 0.3) is 0 Å². The Hall–Kier alpha value is -1.33. The Bertz CT molecular complexity index is 333. The molecule has 1 rings (SSSR count). The minimum absolute atomic E-state index is 0.338. The van der Waals surface area contributed by atoms with Crippen molar-refractivity contribution in [3.8, 4) is 0 Å². The molecular formula is C12H21N3O2. The second-order valence-electron chi connectivity index (χ2n) is 3.95. The molecule has 5 heteroatoms. The van der Waals surface area contributed by atoms with Gasteiger partial charge < -0.3 is 20.1 Å². The SMILES string of the molecule is CCNc1cncc(N(C)CC(O)COC)c1. The lowest BCUT2D eigenvalue weighted by Crippen LogP contribution is -2.31. The molecule has 0 radical (unpaired) electrons. The summed E-state index contributed by atoms with van der Waals surface area (Å²) in [5.41, 5.74) is 1.96. The van der Waals surface area contributed by atoms with E-state index in [9.17, 15) is 5.11 Å². The molecule has 1 aromatic heterocycles. The highest BCUT2D eigenvalue weighted by Crippen LogP contribution is 2.16. The molecule has 1 heterocycles. The summed E-state index contributed by atoms with van der Waals surface area (Å²) >= 11 is 0. The second-order valence-corrected chi connectivity index (χ2v) is 3.95. The van der Waals surface area contributed by atoms with Crippen LogP contribution in [-0.2, 0) is 4.74 Å². The summed E-state index contributed by atoms with van der Waals surface area (Å²) in [6, 6.07) is 2.01. The van der Waals surface area contributed by atoms with E-state index in [1.807, 2.05) is 24.9 Å². The Kier molecular flexibility index (Phi) is 5.72. The van der Waals surface area contributed by atoms with Crippen molar-refractivity contribution in [3.05, 3.63) is 18.5 Å². The average Bonchev–Trinajstić information content (AvgIpc) is 2.30. The molecule has 0 aliphatic carbocycles. The van der Waals surface area contributed by atoms with E-state index in [0.717, 1.165) is 17.9 Å². The first-order valence-corrected chi connectivity index (χ1v) is 5.74. The van der Waals surface area contributed by atoms with Gasteiger partial charge in [0.05, 0.1) is 36.5 Å². The van der Waals surface area contributed by atoms with Crippen LogP contribution in [0.2, 0.25) is 0 Å². The van der Waals surface area contributed by atoms with Crippen LogP contribution in [0.4, 0.5) is 11.4 Å². The van der Waals surface area contributed by atoms with Crippen molar-refractivity contribution in [3.63, 3.8) is 0 Å². The largest absolute Gasteiger partial charge is 0.389 e. The van der Waals surface area contributed by atoms with Crippen molar-refractivity contribution in [1.29, 1.82) is 0 Å². The van der Waals surface area contributed by atoms with Crippen molar-refractivity contribution in [2.24, 2.45) is 0 Å². The summed E-state index contributed by atoms with van der Waals surface area (Å²) in [5.74, 6) is 0. The number of methoxy groups -OCH3 is 1. The van der Waals surface area contributed by atoms with Crippen molar-refractivity contribution in [2.75, 3.05) is 44.1 Å². The number of hydrogen-bond acceptors (Lipinski definition) is 5. The number of aliphatic hydroxyl groups is 1. The number of aliphatic hydroxyl groups excluding tert-OH is 1. The van der Waals surface area contributed by atoms with Crippen LogP contribution < -0.4 is 10.2 Å². The smallest absolute Gasteiger partial charge is 0.0947 e. The van der Waals surface area contributed by atoms with Gasteiger partial charge in [-0.25, -0.2) is 0 Å². The van der Waals surface area contributed by atoms with E-state index >= 15 is 0 Å². The maximum atomic E-state index is 9.65. The highest BCUT2D eigenvalue weighted by Gasteiger charge is 2.09. The van der Waals surface area contributed by atoms with E-state index in [4.69, 9.17) is 4.74 Å². The number of rotatable bonds is 7. The molecule has 0 fully saturated rings.